The van der Waals surface area contributed by atoms with Crippen LogP contribution in [0, 0.1) is 0 Å². The molecular weight excluding hydrogens is 244 g/mol. The minimum absolute atomic E-state index is 0.124. The zero-order valence-corrected chi connectivity index (χ0v) is 12.8. The van der Waals surface area contributed by atoms with Crippen molar-refractivity contribution in [1.29, 1.82) is 0 Å². The normalized spacial score (nSPS) is 12.1. The summed E-state index contributed by atoms with van der Waals surface area (Å²) in [6.45, 7) is 8.31. The first-order valence-corrected chi connectivity index (χ1v) is 7.19. The molecule has 0 fully saturated rings. The Hall–Kier alpha value is -0.650. The number of hydrogen-bond donors (Lipinski definition) is 1. The van der Waals surface area contributed by atoms with Crippen molar-refractivity contribution in [2.24, 2.45) is 0 Å². The van der Waals surface area contributed by atoms with Gasteiger partial charge in [-0.1, -0.05) is 11.8 Å². The van der Waals surface area contributed by atoms with Crippen LogP contribution >= 0.6 is 11.8 Å². The van der Waals surface area contributed by atoms with E-state index < -0.39 is 0 Å². The first-order chi connectivity index (χ1) is 8.37. The van der Waals surface area contributed by atoms with Crippen molar-refractivity contribution in [3.63, 3.8) is 0 Å². The zero-order chi connectivity index (χ0) is 13.6. The van der Waals surface area contributed by atoms with Crippen molar-refractivity contribution in [3.05, 3.63) is 18.0 Å². The van der Waals surface area contributed by atoms with Crippen molar-refractivity contribution in [3.8, 4) is 0 Å². The van der Waals surface area contributed by atoms with E-state index >= 15 is 0 Å². The molecule has 4 nitrogen and oxygen atoms in total. The minimum Gasteiger partial charge on any atom is -0.309 e. The van der Waals surface area contributed by atoms with Crippen LogP contribution in [0.25, 0.3) is 0 Å². The van der Waals surface area contributed by atoms with E-state index in [1.807, 2.05) is 12.4 Å². The topological polar surface area (TPSA) is 41.1 Å². The van der Waals surface area contributed by atoms with Gasteiger partial charge in [0.1, 0.15) is 0 Å². The van der Waals surface area contributed by atoms with E-state index in [0.717, 1.165) is 29.6 Å². The maximum absolute atomic E-state index is 4.37. The summed E-state index contributed by atoms with van der Waals surface area (Å²) in [5.74, 6) is 1.02. The molecule has 0 aliphatic carbocycles. The Kier molecular flexibility index (Phi) is 6.05. The van der Waals surface area contributed by atoms with Crippen LogP contribution in [-0.2, 0) is 6.54 Å². The SMILES string of the molecule is CN(C)CCSc1ncc(CNC(C)(C)C)cn1. The lowest BCUT2D eigenvalue weighted by Crippen LogP contribution is -2.35. The standard InChI is InChI=1S/C13H24N4S/c1-13(2,3)16-10-11-8-14-12(15-9-11)18-7-6-17(4)5/h8-9,16H,6-7,10H2,1-5H3. The van der Waals surface area contributed by atoms with Gasteiger partial charge in [0.15, 0.2) is 5.16 Å². The Balaban J connectivity index is 2.38. The lowest BCUT2D eigenvalue weighted by atomic mass is 10.1. The van der Waals surface area contributed by atoms with Gasteiger partial charge >= 0.3 is 0 Å². The molecule has 1 rings (SSSR count). The smallest absolute Gasteiger partial charge is 0.187 e. The maximum atomic E-state index is 4.37. The van der Waals surface area contributed by atoms with Gasteiger partial charge in [0.2, 0.25) is 0 Å². The molecule has 0 aliphatic heterocycles. The summed E-state index contributed by atoms with van der Waals surface area (Å²) in [4.78, 5) is 10.9. The highest BCUT2D eigenvalue weighted by molar-refractivity contribution is 7.99. The van der Waals surface area contributed by atoms with Crippen LogP contribution in [0.4, 0.5) is 0 Å². The summed E-state index contributed by atoms with van der Waals surface area (Å²) in [6, 6.07) is 0. The monoisotopic (exact) mass is 268 g/mol. The second-order valence-corrected chi connectivity index (χ2v) is 6.69. The average Bonchev–Trinajstić information content (AvgIpc) is 2.26. The van der Waals surface area contributed by atoms with E-state index in [4.69, 9.17) is 0 Å². The van der Waals surface area contributed by atoms with Gasteiger partial charge in [0, 0.05) is 42.3 Å². The van der Waals surface area contributed by atoms with E-state index in [-0.39, 0.29) is 5.54 Å². The van der Waals surface area contributed by atoms with Crippen LogP contribution in [0.3, 0.4) is 0 Å². The van der Waals surface area contributed by atoms with Crippen LogP contribution in [0.15, 0.2) is 17.6 Å². The molecule has 0 aromatic carbocycles. The first kappa shape index (κ1) is 15.4. The van der Waals surface area contributed by atoms with Gasteiger partial charge < -0.3 is 10.2 Å². The van der Waals surface area contributed by atoms with Gasteiger partial charge in [-0.2, -0.15) is 0 Å². The fourth-order valence-electron chi connectivity index (χ4n) is 1.20. The highest BCUT2D eigenvalue weighted by Crippen LogP contribution is 2.12. The largest absolute Gasteiger partial charge is 0.309 e. The van der Waals surface area contributed by atoms with Crippen LogP contribution in [-0.4, -0.2) is 46.8 Å². The van der Waals surface area contributed by atoms with Crippen LogP contribution in [0.2, 0.25) is 0 Å². The Morgan fingerprint density at radius 2 is 1.83 bits per heavy atom. The molecule has 1 N–H and O–H groups in total. The third-order valence-corrected chi connectivity index (χ3v) is 3.13. The molecule has 0 saturated carbocycles. The number of thioether (sulfide) groups is 1. The molecule has 0 amide bonds. The van der Waals surface area contributed by atoms with Crippen molar-refractivity contribution >= 4 is 11.8 Å². The van der Waals surface area contributed by atoms with Gasteiger partial charge in [-0.25, -0.2) is 9.97 Å². The van der Waals surface area contributed by atoms with Crippen molar-refractivity contribution < 1.29 is 0 Å². The summed E-state index contributed by atoms with van der Waals surface area (Å²) < 4.78 is 0. The predicted octanol–water partition coefficient (Wildman–Crippen LogP) is 2.02. The summed E-state index contributed by atoms with van der Waals surface area (Å²) in [7, 11) is 4.14. The lowest BCUT2D eigenvalue weighted by Gasteiger charge is -2.20. The Bertz CT molecular complexity index is 343. The van der Waals surface area contributed by atoms with Gasteiger partial charge in [0.05, 0.1) is 0 Å². The molecule has 1 aromatic heterocycles. The second-order valence-electron chi connectivity index (χ2n) is 5.63. The molecule has 0 bridgehead atoms. The maximum Gasteiger partial charge on any atom is 0.187 e. The molecule has 18 heavy (non-hydrogen) atoms. The number of hydrogen-bond acceptors (Lipinski definition) is 5. The molecule has 0 aliphatic rings. The summed E-state index contributed by atoms with van der Waals surface area (Å²) in [5.41, 5.74) is 1.25. The number of nitrogens with one attached hydrogen (secondary N) is 1. The molecule has 0 unspecified atom stereocenters. The van der Waals surface area contributed by atoms with E-state index in [2.05, 4.69) is 55.1 Å². The number of aromatic nitrogens is 2. The zero-order valence-electron chi connectivity index (χ0n) is 12.0. The molecule has 102 valence electrons. The average molecular weight is 268 g/mol. The van der Waals surface area contributed by atoms with Crippen LogP contribution in [0.1, 0.15) is 26.3 Å². The molecule has 0 radical (unpaired) electrons. The molecule has 0 atom stereocenters. The number of rotatable bonds is 6. The van der Waals surface area contributed by atoms with Gasteiger partial charge in [-0.3, -0.25) is 0 Å². The fraction of sp³-hybridized carbons (Fsp3) is 0.692. The summed E-state index contributed by atoms with van der Waals surface area (Å²) in [5, 5.41) is 4.28. The van der Waals surface area contributed by atoms with Gasteiger partial charge in [-0.15, -0.1) is 0 Å². The Morgan fingerprint density at radius 1 is 1.22 bits per heavy atom. The third kappa shape index (κ3) is 6.93. The van der Waals surface area contributed by atoms with E-state index in [0.29, 0.717) is 0 Å². The van der Waals surface area contributed by atoms with Gasteiger partial charge in [-0.05, 0) is 34.9 Å². The van der Waals surface area contributed by atoms with Crippen molar-refractivity contribution in [1.82, 2.24) is 20.2 Å². The predicted molar refractivity (Wildman–Crippen MR) is 77.9 cm³/mol. The summed E-state index contributed by atoms with van der Waals surface area (Å²) >= 11 is 1.70. The molecule has 5 heteroatoms. The Labute approximate surface area is 115 Å². The molecule has 1 heterocycles. The van der Waals surface area contributed by atoms with Crippen molar-refractivity contribution in [2.45, 2.75) is 38.0 Å². The molecule has 0 spiro atoms. The van der Waals surface area contributed by atoms with Crippen molar-refractivity contribution in [2.75, 3.05) is 26.4 Å². The lowest BCUT2D eigenvalue weighted by molar-refractivity contribution is 0.423. The van der Waals surface area contributed by atoms with E-state index in [1.54, 1.807) is 11.8 Å². The van der Waals surface area contributed by atoms with Crippen LogP contribution < -0.4 is 5.32 Å². The fourth-order valence-corrected chi connectivity index (χ4v) is 2.09. The van der Waals surface area contributed by atoms with E-state index in [9.17, 15) is 0 Å². The summed E-state index contributed by atoms with van der Waals surface area (Å²) in [6.07, 6.45) is 3.81. The van der Waals surface area contributed by atoms with Gasteiger partial charge in [0.25, 0.3) is 0 Å². The van der Waals surface area contributed by atoms with E-state index in [1.165, 1.54) is 0 Å². The highest BCUT2D eigenvalue weighted by atomic mass is 32.2. The second kappa shape index (κ2) is 7.07. The molecule has 0 saturated heterocycles. The highest BCUT2D eigenvalue weighted by Gasteiger charge is 2.08. The third-order valence-electron chi connectivity index (χ3n) is 2.27. The quantitative estimate of drug-likeness (QED) is 0.631. The molecule has 1 aromatic rings. The Morgan fingerprint density at radius 3 is 2.33 bits per heavy atom. The molecular formula is C13H24N4S. The first-order valence-electron chi connectivity index (χ1n) is 6.20. The minimum atomic E-state index is 0.124. The van der Waals surface area contributed by atoms with Crippen LogP contribution in [0.5, 0.6) is 0 Å². The number of nitrogens with zero attached hydrogens (tertiary/aromatic N) is 3.